The zero-order valence-electron chi connectivity index (χ0n) is 17.6. The fraction of sp³-hybridized carbons (Fsp3) is 0.429. The lowest BCUT2D eigenvalue weighted by atomic mass is 10.1. The summed E-state index contributed by atoms with van der Waals surface area (Å²) in [5.74, 6) is 0.0372. The van der Waals surface area contributed by atoms with E-state index in [2.05, 4.69) is 5.32 Å². The molecule has 1 fully saturated rings. The highest BCUT2D eigenvalue weighted by molar-refractivity contribution is 7.96. The van der Waals surface area contributed by atoms with Gasteiger partial charge in [0.2, 0.25) is 0 Å². The second-order valence-electron chi connectivity index (χ2n) is 7.56. The predicted molar refractivity (Wildman–Crippen MR) is 116 cm³/mol. The quantitative estimate of drug-likeness (QED) is 0.588. The second kappa shape index (κ2) is 9.13. The molecule has 0 spiro atoms. The van der Waals surface area contributed by atoms with Crippen LogP contribution in [0.2, 0.25) is 0 Å². The standard InChI is InChI=1S/C21H26FNO6S2/c1-14-10-16(22)4-7-20(14)31(26,27)21-13-30(24,25)12-18(21)23-9-8-15-11-17(28-2)5-6-19(15)29-3/h4-7,10-11,18,21,23H,8-9,12-13H2,1-3H3/t18-,21-/m0/s1. The molecule has 170 valence electrons. The van der Waals surface area contributed by atoms with Gasteiger partial charge in [0, 0.05) is 6.04 Å². The Labute approximate surface area is 182 Å². The number of halogens is 1. The van der Waals surface area contributed by atoms with Crippen molar-refractivity contribution in [2.75, 3.05) is 32.3 Å². The molecule has 3 rings (SSSR count). The molecule has 0 unspecified atom stereocenters. The minimum Gasteiger partial charge on any atom is -0.497 e. The van der Waals surface area contributed by atoms with Crippen molar-refractivity contribution in [3.63, 3.8) is 0 Å². The molecule has 0 aliphatic carbocycles. The van der Waals surface area contributed by atoms with E-state index in [1.54, 1.807) is 26.4 Å². The number of hydrogen-bond acceptors (Lipinski definition) is 7. The zero-order chi connectivity index (χ0) is 22.8. The average molecular weight is 472 g/mol. The van der Waals surface area contributed by atoms with Gasteiger partial charge < -0.3 is 14.8 Å². The van der Waals surface area contributed by atoms with Crippen LogP contribution in [-0.4, -0.2) is 60.4 Å². The maximum atomic E-state index is 13.4. The van der Waals surface area contributed by atoms with E-state index >= 15 is 0 Å². The first-order valence-electron chi connectivity index (χ1n) is 9.72. The maximum Gasteiger partial charge on any atom is 0.184 e. The summed E-state index contributed by atoms with van der Waals surface area (Å²) in [5, 5.41) is 1.96. The second-order valence-corrected chi connectivity index (χ2v) is 11.8. The summed E-state index contributed by atoms with van der Waals surface area (Å²) in [5.41, 5.74) is 1.10. The molecule has 0 bridgehead atoms. The minimum absolute atomic E-state index is 0.0442. The highest BCUT2D eigenvalue weighted by Crippen LogP contribution is 2.29. The molecular weight excluding hydrogens is 445 g/mol. The minimum atomic E-state index is -3.98. The van der Waals surface area contributed by atoms with Crippen LogP contribution in [0.1, 0.15) is 11.1 Å². The Hall–Kier alpha value is -2.17. The van der Waals surface area contributed by atoms with Crippen LogP contribution in [0.25, 0.3) is 0 Å². The Morgan fingerprint density at radius 1 is 1.10 bits per heavy atom. The zero-order valence-corrected chi connectivity index (χ0v) is 19.2. The van der Waals surface area contributed by atoms with E-state index < -0.39 is 42.5 Å². The van der Waals surface area contributed by atoms with Crippen molar-refractivity contribution in [1.29, 1.82) is 0 Å². The van der Waals surface area contributed by atoms with Gasteiger partial charge in [-0.25, -0.2) is 21.2 Å². The topological polar surface area (TPSA) is 98.8 Å². The molecule has 1 aliphatic rings. The van der Waals surface area contributed by atoms with Crippen LogP contribution in [0.3, 0.4) is 0 Å². The normalized spacial score (nSPS) is 20.5. The number of nitrogens with one attached hydrogen (secondary N) is 1. The Morgan fingerprint density at radius 3 is 2.48 bits per heavy atom. The molecule has 0 amide bonds. The summed E-state index contributed by atoms with van der Waals surface area (Å²) in [6.45, 7) is 1.84. The van der Waals surface area contributed by atoms with E-state index in [1.807, 2.05) is 6.07 Å². The van der Waals surface area contributed by atoms with Gasteiger partial charge in [-0.15, -0.1) is 0 Å². The third-order valence-corrected chi connectivity index (χ3v) is 9.74. The van der Waals surface area contributed by atoms with Crippen molar-refractivity contribution >= 4 is 19.7 Å². The molecular formula is C21H26FNO6S2. The molecule has 10 heteroatoms. The van der Waals surface area contributed by atoms with Gasteiger partial charge in [0.15, 0.2) is 19.7 Å². The van der Waals surface area contributed by atoms with Gasteiger partial charge in [-0.05, 0) is 67.4 Å². The van der Waals surface area contributed by atoms with Crippen molar-refractivity contribution in [3.05, 3.63) is 53.3 Å². The number of ether oxygens (including phenoxy) is 2. The smallest absolute Gasteiger partial charge is 0.184 e. The Balaban J connectivity index is 1.80. The van der Waals surface area contributed by atoms with Crippen molar-refractivity contribution in [3.8, 4) is 11.5 Å². The molecule has 31 heavy (non-hydrogen) atoms. The monoisotopic (exact) mass is 471 g/mol. The Bertz CT molecular complexity index is 1160. The third kappa shape index (κ3) is 5.19. The van der Waals surface area contributed by atoms with Gasteiger partial charge in [-0.1, -0.05) is 0 Å². The fourth-order valence-electron chi connectivity index (χ4n) is 3.88. The first-order valence-corrected chi connectivity index (χ1v) is 13.1. The number of methoxy groups -OCH3 is 2. The summed E-state index contributed by atoms with van der Waals surface area (Å²) >= 11 is 0. The molecule has 1 aliphatic heterocycles. The van der Waals surface area contributed by atoms with Crippen molar-refractivity contribution in [2.24, 2.45) is 0 Å². The molecule has 0 aromatic heterocycles. The summed E-state index contributed by atoms with van der Waals surface area (Å²) < 4.78 is 75.0. The fourth-order valence-corrected chi connectivity index (χ4v) is 8.82. The van der Waals surface area contributed by atoms with Crippen LogP contribution >= 0.6 is 0 Å². The average Bonchev–Trinajstić information content (AvgIpc) is 3.02. The highest BCUT2D eigenvalue weighted by atomic mass is 32.2. The molecule has 0 saturated carbocycles. The van der Waals surface area contributed by atoms with Crippen molar-refractivity contribution < 1.29 is 30.7 Å². The summed E-state index contributed by atoms with van der Waals surface area (Å²) in [6, 6.07) is 8.00. The van der Waals surface area contributed by atoms with Crippen LogP contribution in [0, 0.1) is 12.7 Å². The van der Waals surface area contributed by atoms with Crippen LogP contribution in [0.4, 0.5) is 4.39 Å². The predicted octanol–water partition coefficient (Wildman–Crippen LogP) is 1.92. The van der Waals surface area contributed by atoms with Crippen LogP contribution in [0.5, 0.6) is 11.5 Å². The molecule has 1 N–H and O–H groups in total. The first-order chi connectivity index (χ1) is 14.6. The molecule has 0 radical (unpaired) electrons. The largest absolute Gasteiger partial charge is 0.497 e. The molecule has 7 nitrogen and oxygen atoms in total. The highest BCUT2D eigenvalue weighted by Gasteiger charge is 2.46. The Kier molecular flexibility index (Phi) is 6.92. The van der Waals surface area contributed by atoms with E-state index in [0.29, 0.717) is 24.5 Å². The van der Waals surface area contributed by atoms with Gasteiger partial charge >= 0.3 is 0 Å². The number of rotatable bonds is 8. The summed E-state index contributed by atoms with van der Waals surface area (Å²) in [7, 11) is -4.41. The summed E-state index contributed by atoms with van der Waals surface area (Å²) in [6.07, 6.45) is 0.485. The van der Waals surface area contributed by atoms with Gasteiger partial charge in [0.05, 0.1) is 35.9 Å². The van der Waals surface area contributed by atoms with E-state index in [-0.39, 0.29) is 16.2 Å². The van der Waals surface area contributed by atoms with Crippen LogP contribution < -0.4 is 14.8 Å². The van der Waals surface area contributed by atoms with Crippen molar-refractivity contribution in [1.82, 2.24) is 5.32 Å². The Morgan fingerprint density at radius 2 is 1.84 bits per heavy atom. The van der Waals surface area contributed by atoms with Crippen LogP contribution in [0.15, 0.2) is 41.3 Å². The van der Waals surface area contributed by atoms with Crippen LogP contribution in [-0.2, 0) is 26.1 Å². The number of hydrogen-bond donors (Lipinski definition) is 1. The van der Waals surface area contributed by atoms with E-state index in [4.69, 9.17) is 9.47 Å². The SMILES string of the molecule is COc1ccc(OC)c(CCN[C@H]2CS(=O)(=O)C[C@@H]2S(=O)(=O)c2ccc(F)cc2C)c1. The lowest BCUT2D eigenvalue weighted by Gasteiger charge is -2.21. The molecule has 2 atom stereocenters. The summed E-state index contributed by atoms with van der Waals surface area (Å²) in [4.78, 5) is -0.0442. The van der Waals surface area contributed by atoms with Crippen molar-refractivity contribution in [2.45, 2.75) is 29.5 Å². The van der Waals surface area contributed by atoms with Gasteiger partial charge in [-0.3, -0.25) is 0 Å². The lowest BCUT2D eigenvalue weighted by molar-refractivity contribution is 0.398. The molecule has 1 heterocycles. The molecule has 2 aromatic rings. The van der Waals surface area contributed by atoms with Gasteiger partial charge in [0.25, 0.3) is 0 Å². The van der Waals surface area contributed by atoms with E-state index in [0.717, 1.165) is 17.7 Å². The lowest BCUT2D eigenvalue weighted by Crippen LogP contribution is -2.44. The number of sulfone groups is 2. The molecule has 2 aromatic carbocycles. The van der Waals surface area contributed by atoms with E-state index in [1.165, 1.54) is 13.0 Å². The third-order valence-electron chi connectivity index (χ3n) is 5.43. The first kappa shape index (κ1) is 23.5. The van der Waals surface area contributed by atoms with Gasteiger partial charge in [-0.2, -0.15) is 0 Å². The van der Waals surface area contributed by atoms with E-state index in [9.17, 15) is 21.2 Å². The number of aryl methyl sites for hydroxylation is 1. The maximum absolute atomic E-state index is 13.4. The van der Waals surface area contributed by atoms with Gasteiger partial charge in [0.1, 0.15) is 17.3 Å². The molecule has 1 saturated heterocycles. The number of benzene rings is 2.